The largest absolute Gasteiger partial charge is 0.381 e. The second kappa shape index (κ2) is 5.56. The third kappa shape index (κ3) is 3.13. The molecule has 1 saturated carbocycles. The minimum atomic E-state index is -2.99. The van der Waals surface area contributed by atoms with Crippen LogP contribution in [0.1, 0.15) is 19.3 Å². The molecule has 1 heterocycles. The summed E-state index contributed by atoms with van der Waals surface area (Å²) >= 11 is 0. The summed E-state index contributed by atoms with van der Waals surface area (Å²) in [5.74, 6) is 0. The van der Waals surface area contributed by atoms with Crippen LogP contribution < -0.4 is 5.32 Å². The highest BCUT2D eigenvalue weighted by molar-refractivity contribution is 7.91. The molecule has 0 bridgehead atoms. The Hall–Kier alpha value is -1.75. The lowest BCUT2D eigenvalue weighted by atomic mass is 10.2. The number of nitrogens with one attached hydrogen (secondary N) is 1. The van der Waals surface area contributed by atoms with Gasteiger partial charge in [0.05, 0.1) is 5.25 Å². The molecule has 0 aliphatic heterocycles. The molecule has 1 N–H and O–H groups in total. The van der Waals surface area contributed by atoms with Crippen LogP contribution in [0.25, 0.3) is 5.69 Å². The maximum atomic E-state index is 11.8. The van der Waals surface area contributed by atoms with Crippen molar-refractivity contribution in [3.63, 3.8) is 0 Å². The van der Waals surface area contributed by atoms with E-state index in [1.54, 1.807) is 0 Å². The molecule has 1 aromatic heterocycles. The van der Waals surface area contributed by atoms with Gasteiger partial charge in [-0.05, 0) is 49.6 Å². The first-order valence-corrected chi connectivity index (χ1v) is 9.18. The van der Waals surface area contributed by atoms with E-state index in [-0.39, 0.29) is 11.3 Å². The molecule has 2 aromatic rings. The fourth-order valence-electron chi connectivity index (χ4n) is 3.08. The molecule has 4 nitrogen and oxygen atoms in total. The highest BCUT2D eigenvalue weighted by Crippen LogP contribution is 2.28. The van der Waals surface area contributed by atoms with Gasteiger partial charge in [0.25, 0.3) is 0 Å². The van der Waals surface area contributed by atoms with E-state index in [1.807, 2.05) is 47.3 Å². The molecule has 1 fully saturated rings. The van der Waals surface area contributed by atoms with Crippen molar-refractivity contribution in [2.45, 2.75) is 30.6 Å². The highest BCUT2D eigenvalue weighted by atomic mass is 32.2. The monoisotopic (exact) mass is 304 g/mol. The van der Waals surface area contributed by atoms with Crippen LogP contribution in [0.5, 0.6) is 0 Å². The van der Waals surface area contributed by atoms with Gasteiger partial charge < -0.3 is 9.88 Å². The summed E-state index contributed by atoms with van der Waals surface area (Å²) in [5.41, 5.74) is 2.04. The minimum Gasteiger partial charge on any atom is -0.381 e. The van der Waals surface area contributed by atoms with Gasteiger partial charge in [0.15, 0.2) is 9.84 Å². The van der Waals surface area contributed by atoms with Crippen molar-refractivity contribution in [2.24, 2.45) is 0 Å². The maximum Gasteiger partial charge on any atom is 0.152 e. The lowest BCUT2D eigenvalue weighted by Crippen LogP contribution is -2.34. The molecule has 21 heavy (non-hydrogen) atoms. The Morgan fingerprint density at radius 3 is 2.62 bits per heavy atom. The fourth-order valence-corrected chi connectivity index (χ4v) is 4.48. The van der Waals surface area contributed by atoms with E-state index in [0.717, 1.165) is 30.6 Å². The van der Waals surface area contributed by atoms with Crippen molar-refractivity contribution in [1.82, 2.24) is 4.57 Å². The quantitative estimate of drug-likeness (QED) is 0.945. The van der Waals surface area contributed by atoms with E-state index in [1.165, 1.54) is 6.26 Å². The number of rotatable bonds is 4. The van der Waals surface area contributed by atoms with Gasteiger partial charge in [-0.2, -0.15) is 0 Å². The summed E-state index contributed by atoms with van der Waals surface area (Å²) in [6, 6.07) is 12.0. The van der Waals surface area contributed by atoms with Crippen molar-refractivity contribution >= 4 is 15.5 Å². The van der Waals surface area contributed by atoms with Gasteiger partial charge in [-0.15, -0.1) is 0 Å². The Balaban J connectivity index is 1.81. The lowest BCUT2D eigenvalue weighted by Gasteiger charge is -2.21. The Labute approximate surface area is 125 Å². The van der Waals surface area contributed by atoms with Crippen LogP contribution in [-0.4, -0.2) is 30.5 Å². The number of sulfone groups is 1. The summed E-state index contributed by atoms with van der Waals surface area (Å²) in [7, 11) is -2.99. The number of aromatic nitrogens is 1. The maximum absolute atomic E-state index is 11.8. The Morgan fingerprint density at radius 2 is 1.90 bits per heavy atom. The van der Waals surface area contributed by atoms with E-state index < -0.39 is 9.84 Å². The smallest absolute Gasteiger partial charge is 0.152 e. The van der Waals surface area contributed by atoms with E-state index in [9.17, 15) is 8.42 Å². The first kappa shape index (κ1) is 14.2. The van der Waals surface area contributed by atoms with Gasteiger partial charge >= 0.3 is 0 Å². The van der Waals surface area contributed by atoms with Crippen molar-refractivity contribution in [3.05, 3.63) is 48.8 Å². The average Bonchev–Trinajstić information content (AvgIpc) is 3.09. The molecule has 1 aliphatic rings. The molecule has 3 rings (SSSR count). The second-order valence-electron chi connectivity index (χ2n) is 5.69. The molecular formula is C16H20N2O2S. The van der Waals surface area contributed by atoms with Crippen LogP contribution in [0, 0.1) is 0 Å². The van der Waals surface area contributed by atoms with Crippen LogP contribution in [0.2, 0.25) is 0 Å². The molecule has 112 valence electrons. The van der Waals surface area contributed by atoms with Crippen molar-refractivity contribution in [2.75, 3.05) is 11.6 Å². The molecular weight excluding hydrogens is 284 g/mol. The zero-order chi connectivity index (χ0) is 14.9. The SMILES string of the molecule is CS(=O)(=O)C1CCCC1Nc1cccc(-n2cccc2)c1. The van der Waals surface area contributed by atoms with Gasteiger partial charge in [-0.1, -0.05) is 6.07 Å². The molecule has 1 aromatic carbocycles. The number of hydrogen-bond donors (Lipinski definition) is 1. The topological polar surface area (TPSA) is 51.1 Å². The van der Waals surface area contributed by atoms with Crippen molar-refractivity contribution in [3.8, 4) is 5.69 Å². The number of anilines is 1. The summed E-state index contributed by atoms with van der Waals surface area (Å²) in [6.45, 7) is 0. The molecule has 0 saturated heterocycles. The van der Waals surface area contributed by atoms with Crippen molar-refractivity contribution in [1.29, 1.82) is 0 Å². The average molecular weight is 304 g/mol. The van der Waals surface area contributed by atoms with Crippen LogP contribution in [0.3, 0.4) is 0 Å². The fraction of sp³-hybridized carbons (Fsp3) is 0.375. The lowest BCUT2D eigenvalue weighted by molar-refractivity contribution is 0.579. The molecule has 1 aliphatic carbocycles. The van der Waals surface area contributed by atoms with E-state index in [4.69, 9.17) is 0 Å². The summed E-state index contributed by atoms with van der Waals surface area (Å²) in [6.07, 6.45) is 7.96. The van der Waals surface area contributed by atoms with Gasteiger partial charge in [-0.25, -0.2) is 8.42 Å². The molecule has 2 atom stereocenters. The van der Waals surface area contributed by atoms with E-state index >= 15 is 0 Å². The number of nitrogens with zero attached hydrogens (tertiary/aromatic N) is 1. The predicted molar refractivity (Wildman–Crippen MR) is 85.7 cm³/mol. The van der Waals surface area contributed by atoms with Gasteiger partial charge in [0.2, 0.25) is 0 Å². The zero-order valence-corrected chi connectivity index (χ0v) is 12.9. The van der Waals surface area contributed by atoms with Crippen LogP contribution in [0.15, 0.2) is 48.8 Å². The molecule has 2 unspecified atom stereocenters. The summed E-state index contributed by atoms with van der Waals surface area (Å²) in [4.78, 5) is 0. The first-order chi connectivity index (χ1) is 10.0. The number of benzene rings is 1. The van der Waals surface area contributed by atoms with Gasteiger partial charge in [0, 0.05) is 36.1 Å². The van der Waals surface area contributed by atoms with Crippen molar-refractivity contribution < 1.29 is 8.42 Å². The second-order valence-corrected chi connectivity index (χ2v) is 7.95. The summed E-state index contributed by atoms with van der Waals surface area (Å²) in [5, 5.41) is 3.14. The Bertz CT molecular complexity index is 708. The summed E-state index contributed by atoms with van der Waals surface area (Å²) < 4.78 is 25.7. The molecule has 0 radical (unpaired) electrons. The molecule has 0 amide bonds. The van der Waals surface area contributed by atoms with Crippen LogP contribution in [0.4, 0.5) is 5.69 Å². The molecule has 5 heteroatoms. The zero-order valence-electron chi connectivity index (χ0n) is 12.1. The Morgan fingerprint density at radius 1 is 1.14 bits per heavy atom. The van der Waals surface area contributed by atoms with Gasteiger partial charge in [0.1, 0.15) is 0 Å². The Kier molecular flexibility index (Phi) is 3.76. The minimum absolute atomic E-state index is 0.0138. The predicted octanol–water partition coefficient (Wildman–Crippen LogP) is 2.85. The van der Waals surface area contributed by atoms with Gasteiger partial charge in [-0.3, -0.25) is 0 Å². The van der Waals surface area contributed by atoms with Crippen LogP contribution >= 0.6 is 0 Å². The highest BCUT2D eigenvalue weighted by Gasteiger charge is 2.34. The first-order valence-electron chi connectivity index (χ1n) is 7.23. The third-order valence-corrected chi connectivity index (χ3v) is 5.77. The van der Waals surface area contributed by atoms with E-state index in [2.05, 4.69) is 11.4 Å². The third-order valence-electron chi connectivity index (χ3n) is 4.10. The standard InChI is InChI=1S/C16H20N2O2S/c1-21(19,20)16-9-5-8-15(16)17-13-6-4-7-14(12-13)18-10-2-3-11-18/h2-4,6-7,10-12,15-17H,5,8-9H2,1H3. The van der Waals surface area contributed by atoms with E-state index in [0.29, 0.717) is 0 Å². The normalized spacial score (nSPS) is 22.3. The van der Waals surface area contributed by atoms with Crippen LogP contribution in [-0.2, 0) is 9.84 Å². The molecule has 0 spiro atoms. The number of hydrogen-bond acceptors (Lipinski definition) is 3.